The average molecular weight is 295 g/mol. The maximum atomic E-state index is 11.8. The summed E-state index contributed by atoms with van der Waals surface area (Å²) < 4.78 is 0. The van der Waals surface area contributed by atoms with Gasteiger partial charge in [0.25, 0.3) is 0 Å². The minimum atomic E-state index is -0.723. The molecule has 20 heavy (non-hydrogen) atoms. The molecule has 1 unspecified atom stereocenters. The van der Waals surface area contributed by atoms with Gasteiger partial charge in [-0.15, -0.1) is 0 Å². The van der Waals surface area contributed by atoms with Crippen molar-refractivity contribution in [2.75, 3.05) is 0 Å². The van der Waals surface area contributed by atoms with Gasteiger partial charge in [-0.1, -0.05) is 44.5 Å². The number of amides is 2. The second-order valence-corrected chi connectivity index (χ2v) is 6.03. The van der Waals surface area contributed by atoms with Gasteiger partial charge in [0.2, 0.25) is 11.8 Å². The molecule has 1 aromatic rings. The SMILES string of the molecule is CC(C)(C)C(NC(=O)C=Cc1cccc(Cl)c1)C(N)=O. The molecule has 0 bridgehead atoms. The molecule has 3 N–H and O–H groups in total. The molecule has 1 rings (SSSR count). The lowest BCUT2D eigenvalue weighted by atomic mass is 9.86. The molecule has 0 heterocycles. The highest BCUT2D eigenvalue weighted by Crippen LogP contribution is 2.19. The largest absolute Gasteiger partial charge is 0.368 e. The van der Waals surface area contributed by atoms with Crippen molar-refractivity contribution < 1.29 is 9.59 Å². The lowest BCUT2D eigenvalue weighted by Gasteiger charge is -2.28. The fourth-order valence-electron chi connectivity index (χ4n) is 1.69. The van der Waals surface area contributed by atoms with Gasteiger partial charge in [-0.05, 0) is 29.2 Å². The third kappa shape index (κ3) is 5.05. The zero-order valence-corrected chi connectivity index (χ0v) is 12.6. The molecule has 4 nitrogen and oxygen atoms in total. The standard InChI is InChI=1S/C15H19ClN2O2/c1-15(2,3)13(14(17)20)18-12(19)8-7-10-5-4-6-11(16)9-10/h4-9,13H,1-3H3,(H2,17,20)(H,18,19). The second kappa shape index (κ2) is 6.57. The molecule has 2 amide bonds. The van der Waals surface area contributed by atoms with Crippen LogP contribution in [-0.4, -0.2) is 17.9 Å². The van der Waals surface area contributed by atoms with Crippen LogP contribution in [0.2, 0.25) is 5.02 Å². The Balaban J connectivity index is 2.74. The molecule has 1 aromatic carbocycles. The molecule has 0 radical (unpaired) electrons. The predicted molar refractivity (Wildman–Crippen MR) is 81.1 cm³/mol. The Labute approximate surface area is 124 Å². The van der Waals surface area contributed by atoms with Gasteiger partial charge in [-0.3, -0.25) is 9.59 Å². The summed E-state index contributed by atoms with van der Waals surface area (Å²) in [5, 5.41) is 3.20. The molecule has 1 atom stereocenters. The Morgan fingerprint density at radius 3 is 2.50 bits per heavy atom. The van der Waals surface area contributed by atoms with Gasteiger partial charge in [0.05, 0.1) is 0 Å². The predicted octanol–water partition coefficient (Wildman–Crippen LogP) is 2.37. The number of carbonyl (C=O) groups is 2. The van der Waals surface area contributed by atoms with Crippen LogP contribution < -0.4 is 11.1 Å². The molecule has 108 valence electrons. The van der Waals surface area contributed by atoms with Gasteiger partial charge in [0.15, 0.2) is 0 Å². The zero-order valence-electron chi connectivity index (χ0n) is 11.8. The second-order valence-electron chi connectivity index (χ2n) is 5.60. The van der Waals surface area contributed by atoms with Crippen molar-refractivity contribution in [1.29, 1.82) is 0 Å². The molecular formula is C15H19ClN2O2. The van der Waals surface area contributed by atoms with Crippen molar-refractivity contribution in [2.24, 2.45) is 11.1 Å². The highest BCUT2D eigenvalue weighted by atomic mass is 35.5. The van der Waals surface area contributed by atoms with E-state index in [-0.39, 0.29) is 5.91 Å². The van der Waals surface area contributed by atoms with Crippen molar-refractivity contribution in [3.8, 4) is 0 Å². The van der Waals surface area contributed by atoms with Crippen LogP contribution in [0.4, 0.5) is 0 Å². The molecule has 0 aliphatic carbocycles. The fraction of sp³-hybridized carbons (Fsp3) is 0.333. The third-order valence-electron chi connectivity index (χ3n) is 2.71. The van der Waals surface area contributed by atoms with E-state index in [1.807, 2.05) is 26.8 Å². The maximum absolute atomic E-state index is 11.8. The molecule has 0 aliphatic rings. The Morgan fingerprint density at radius 2 is 2.00 bits per heavy atom. The highest BCUT2D eigenvalue weighted by Gasteiger charge is 2.30. The molecule has 0 aliphatic heterocycles. The van der Waals surface area contributed by atoms with Gasteiger partial charge in [-0.2, -0.15) is 0 Å². The topological polar surface area (TPSA) is 72.2 Å². The van der Waals surface area contributed by atoms with E-state index in [2.05, 4.69) is 5.32 Å². The van der Waals surface area contributed by atoms with Crippen LogP contribution in [0.1, 0.15) is 26.3 Å². The number of carbonyl (C=O) groups excluding carboxylic acids is 2. The summed E-state index contributed by atoms with van der Waals surface area (Å²) in [7, 11) is 0. The number of hydrogen-bond acceptors (Lipinski definition) is 2. The first-order valence-corrected chi connectivity index (χ1v) is 6.61. The molecule has 5 heteroatoms. The summed E-state index contributed by atoms with van der Waals surface area (Å²) in [4.78, 5) is 23.2. The molecule has 0 aromatic heterocycles. The number of benzene rings is 1. The Bertz CT molecular complexity index is 533. The first-order chi connectivity index (χ1) is 9.20. The highest BCUT2D eigenvalue weighted by molar-refractivity contribution is 6.30. The van der Waals surface area contributed by atoms with E-state index < -0.39 is 17.4 Å². The number of rotatable bonds is 4. The monoisotopic (exact) mass is 294 g/mol. The van der Waals surface area contributed by atoms with Crippen LogP contribution in [0.5, 0.6) is 0 Å². The first kappa shape index (κ1) is 16.2. The van der Waals surface area contributed by atoms with Crippen molar-refractivity contribution >= 4 is 29.5 Å². The van der Waals surface area contributed by atoms with Crippen LogP contribution in [0, 0.1) is 5.41 Å². The number of primary amides is 1. The minimum Gasteiger partial charge on any atom is -0.368 e. The summed E-state index contributed by atoms with van der Waals surface area (Å²) in [6, 6.07) is 6.38. The van der Waals surface area contributed by atoms with E-state index in [1.54, 1.807) is 24.3 Å². The summed E-state index contributed by atoms with van der Waals surface area (Å²) in [5.41, 5.74) is 5.67. The molecule has 0 spiro atoms. The quantitative estimate of drug-likeness (QED) is 0.837. The number of hydrogen-bond donors (Lipinski definition) is 2. The smallest absolute Gasteiger partial charge is 0.244 e. The average Bonchev–Trinajstić information content (AvgIpc) is 2.31. The number of nitrogens with two attached hydrogens (primary N) is 1. The Kier molecular flexibility index (Phi) is 5.34. The van der Waals surface area contributed by atoms with Crippen LogP contribution in [0.15, 0.2) is 30.3 Å². The van der Waals surface area contributed by atoms with E-state index in [9.17, 15) is 9.59 Å². The molecular weight excluding hydrogens is 276 g/mol. The van der Waals surface area contributed by atoms with Crippen LogP contribution in [0.25, 0.3) is 6.08 Å². The van der Waals surface area contributed by atoms with Crippen LogP contribution >= 0.6 is 11.6 Å². The van der Waals surface area contributed by atoms with Crippen molar-refractivity contribution in [3.63, 3.8) is 0 Å². The maximum Gasteiger partial charge on any atom is 0.244 e. The van der Waals surface area contributed by atoms with Crippen molar-refractivity contribution in [1.82, 2.24) is 5.32 Å². The minimum absolute atomic E-state index is 0.372. The molecule has 0 saturated carbocycles. The Morgan fingerprint density at radius 1 is 1.35 bits per heavy atom. The van der Waals surface area contributed by atoms with Gasteiger partial charge in [0.1, 0.15) is 6.04 Å². The first-order valence-electron chi connectivity index (χ1n) is 6.23. The lowest BCUT2D eigenvalue weighted by molar-refractivity contribution is -0.127. The summed E-state index contributed by atoms with van der Waals surface area (Å²) in [6.07, 6.45) is 2.98. The normalized spacial score (nSPS) is 13.2. The third-order valence-corrected chi connectivity index (χ3v) is 2.95. The van der Waals surface area contributed by atoms with Gasteiger partial charge < -0.3 is 11.1 Å². The van der Waals surface area contributed by atoms with E-state index in [0.29, 0.717) is 5.02 Å². The number of halogens is 1. The van der Waals surface area contributed by atoms with Crippen LogP contribution in [0.3, 0.4) is 0 Å². The van der Waals surface area contributed by atoms with Crippen molar-refractivity contribution in [3.05, 3.63) is 40.9 Å². The molecule has 0 saturated heterocycles. The van der Waals surface area contributed by atoms with E-state index in [4.69, 9.17) is 17.3 Å². The molecule has 0 fully saturated rings. The lowest BCUT2D eigenvalue weighted by Crippen LogP contribution is -2.51. The summed E-state index contributed by atoms with van der Waals surface area (Å²) >= 11 is 5.85. The fourth-order valence-corrected chi connectivity index (χ4v) is 1.89. The summed E-state index contributed by atoms with van der Waals surface area (Å²) in [5.74, 6) is -0.925. The Hall–Kier alpha value is -1.81. The van der Waals surface area contributed by atoms with E-state index in [0.717, 1.165) is 5.56 Å². The zero-order chi connectivity index (χ0) is 15.3. The van der Waals surface area contributed by atoms with Crippen LogP contribution in [-0.2, 0) is 9.59 Å². The van der Waals surface area contributed by atoms with E-state index in [1.165, 1.54) is 6.08 Å². The van der Waals surface area contributed by atoms with E-state index >= 15 is 0 Å². The van der Waals surface area contributed by atoms with Gasteiger partial charge in [-0.25, -0.2) is 0 Å². The number of nitrogens with one attached hydrogen (secondary N) is 1. The summed E-state index contributed by atoms with van der Waals surface area (Å²) in [6.45, 7) is 5.51. The van der Waals surface area contributed by atoms with Crippen molar-refractivity contribution in [2.45, 2.75) is 26.8 Å². The van der Waals surface area contributed by atoms with Gasteiger partial charge >= 0.3 is 0 Å². The van der Waals surface area contributed by atoms with Gasteiger partial charge in [0, 0.05) is 11.1 Å².